The second-order valence-corrected chi connectivity index (χ2v) is 22.9. The largest absolute Gasteiger partial charge is 0.497 e. The van der Waals surface area contributed by atoms with Gasteiger partial charge in [0.1, 0.15) is 41.7 Å². The number of carbonyl (C=O) groups excluding carboxylic acids is 1. The number of benzene rings is 4. The van der Waals surface area contributed by atoms with Crippen LogP contribution < -0.4 is 14.8 Å². The van der Waals surface area contributed by atoms with E-state index in [0.29, 0.717) is 34.8 Å². The molecule has 4 aromatic carbocycles. The molecular weight excluding hydrogens is 1030 g/mol. The van der Waals surface area contributed by atoms with Gasteiger partial charge in [0.2, 0.25) is 0 Å². The van der Waals surface area contributed by atoms with Crippen LogP contribution in [0.2, 0.25) is 0 Å². The van der Waals surface area contributed by atoms with Gasteiger partial charge in [-0.05, 0) is 87.2 Å². The number of imidazole rings is 1. The van der Waals surface area contributed by atoms with E-state index >= 15 is 4.57 Å². The predicted molar refractivity (Wildman–Crippen MR) is 313 cm³/mol. The lowest BCUT2D eigenvalue weighted by molar-refractivity contribution is -0.0958. The number of nitrogens with one attached hydrogen (secondary N) is 1. The lowest BCUT2D eigenvalue weighted by atomic mass is 9.80. The Balaban J connectivity index is 1.27. The highest BCUT2D eigenvalue weighted by Crippen LogP contribution is 2.58. The number of nitriles is 1. The molecule has 16 nitrogen and oxygen atoms in total. The van der Waals surface area contributed by atoms with Crippen LogP contribution in [0.15, 0.2) is 122 Å². The number of unbranched alkanes of at least 4 members (excludes halogenated alkanes) is 13. The highest BCUT2D eigenvalue weighted by atomic mass is 31.2. The Morgan fingerprint density at radius 3 is 1.79 bits per heavy atom. The number of fused-ring (bicyclic) bond motifs is 1. The summed E-state index contributed by atoms with van der Waals surface area (Å²) in [7, 11) is -1.03. The Morgan fingerprint density at radius 1 is 0.713 bits per heavy atom. The molecule has 0 spiro atoms. The van der Waals surface area contributed by atoms with E-state index in [-0.39, 0.29) is 43.4 Å². The van der Waals surface area contributed by atoms with Crippen molar-refractivity contribution in [2.45, 2.75) is 173 Å². The van der Waals surface area contributed by atoms with E-state index in [2.05, 4.69) is 23.3 Å². The number of nitrogens with zero attached hydrogens (tertiary/aromatic N) is 6. The summed E-state index contributed by atoms with van der Waals surface area (Å²) in [4.78, 5) is 27.5. The van der Waals surface area contributed by atoms with Crippen LogP contribution in [-0.4, -0.2) is 94.5 Å². The zero-order chi connectivity index (χ0) is 56.7. The van der Waals surface area contributed by atoms with Crippen LogP contribution in [0.3, 0.4) is 0 Å². The van der Waals surface area contributed by atoms with Crippen molar-refractivity contribution in [2.75, 3.05) is 39.4 Å². The number of carbonyl (C=O) groups is 1. The van der Waals surface area contributed by atoms with Crippen LogP contribution in [0, 0.1) is 11.3 Å². The van der Waals surface area contributed by atoms with Gasteiger partial charge in [0.15, 0.2) is 23.2 Å². The van der Waals surface area contributed by atoms with Gasteiger partial charge in [-0.15, -0.1) is 0 Å². The maximum absolute atomic E-state index is 15.9. The maximum atomic E-state index is 15.9. The molecule has 0 aliphatic carbocycles. The molecule has 80 heavy (non-hydrogen) atoms. The van der Waals surface area contributed by atoms with Crippen LogP contribution in [0.5, 0.6) is 11.5 Å². The molecule has 7 rings (SSSR count). The van der Waals surface area contributed by atoms with Gasteiger partial charge in [-0.3, -0.25) is 18.4 Å². The van der Waals surface area contributed by atoms with Crippen molar-refractivity contribution in [2.24, 2.45) is 0 Å². The van der Waals surface area contributed by atoms with Gasteiger partial charge >= 0.3 is 7.75 Å². The molecule has 1 fully saturated rings. The molecule has 1 saturated heterocycles. The fourth-order valence-corrected chi connectivity index (χ4v) is 13.1. The first kappa shape index (κ1) is 61.6. The molecule has 1 N–H and O–H groups in total. The van der Waals surface area contributed by atoms with E-state index in [4.69, 9.17) is 42.7 Å². The number of rotatable bonds is 35. The topological polar surface area (TPSA) is 181 Å². The maximum Gasteiger partial charge on any atom is 0.409 e. The monoisotopic (exact) mass is 1110 g/mol. The SMILES string of the molecule is CCCCCCCCCCCCCCCCO[C@@H]1[C@H](OP(=O)(OCCC#N)N(C(C)C)C(C)C)[C@@H](COC(c2ccccc2)(c2ccc(OC)cc2)c2ccc(OC)cc2)O[C@H]1n1cnc2c(NC(=O)c3ccccc3)ncnc21. The summed E-state index contributed by atoms with van der Waals surface area (Å²) in [5, 5.41) is 12.6. The molecular formula is C63H84N7O9P. The third kappa shape index (κ3) is 15.9. The average Bonchev–Trinajstić information content (AvgIpc) is 4.18. The molecule has 3 heterocycles. The van der Waals surface area contributed by atoms with Crippen LogP contribution >= 0.6 is 7.75 Å². The van der Waals surface area contributed by atoms with Crippen LogP contribution in [0.25, 0.3) is 11.2 Å². The predicted octanol–water partition coefficient (Wildman–Crippen LogP) is 14.4. The first-order valence-corrected chi connectivity index (χ1v) is 30.4. The number of aromatic nitrogens is 4. The van der Waals surface area contributed by atoms with Gasteiger partial charge in [0.25, 0.3) is 5.91 Å². The summed E-state index contributed by atoms with van der Waals surface area (Å²) >= 11 is 0. The van der Waals surface area contributed by atoms with Gasteiger partial charge in [-0.25, -0.2) is 24.2 Å². The molecule has 0 saturated carbocycles. The van der Waals surface area contributed by atoms with Crippen molar-refractivity contribution in [3.8, 4) is 17.6 Å². The Bertz CT molecular complexity index is 2810. The minimum absolute atomic E-state index is 0.0139. The average molecular weight is 1110 g/mol. The standard InChI is InChI=1S/C63H84N7O9P/c1-8-9-10-11-12-13-14-15-16-17-18-19-20-27-42-75-58-57(79-80(72,77-43-28-41-64)70(47(2)3)48(4)5)55(78-62(58)69-46-67-56-59(65-45-66-60(56)69)68-61(71)49-29-23-21-24-30-49)44-76-63(50-31-25-22-26-32-50,51-33-37-53(73-6)38-34-51)52-35-39-54(74-7)40-36-52/h21-26,29-40,45-48,55,57-58,62H,8-20,27-28,42-44H2,1-7H3,(H,65,66,68,71)/t55-,57-,58-,62-,80?/m1/s1. The lowest BCUT2D eigenvalue weighted by Crippen LogP contribution is -2.44. The van der Waals surface area contributed by atoms with Crippen molar-refractivity contribution >= 4 is 30.6 Å². The van der Waals surface area contributed by atoms with Gasteiger partial charge in [-0.2, -0.15) is 5.26 Å². The molecule has 6 aromatic rings. The summed E-state index contributed by atoms with van der Waals surface area (Å²) in [5.41, 5.74) is 2.27. The van der Waals surface area contributed by atoms with E-state index in [1.165, 1.54) is 70.5 Å². The Labute approximate surface area is 474 Å². The van der Waals surface area contributed by atoms with Gasteiger partial charge < -0.3 is 29.0 Å². The zero-order valence-corrected chi connectivity index (χ0v) is 48.9. The Kier molecular flexibility index (Phi) is 24.1. The third-order valence-electron chi connectivity index (χ3n) is 14.7. The summed E-state index contributed by atoms with van der Waals surface area (Å²) in [6.45, 7) is 10.1. The van der Waals surface area contributed by atoms with Crippen molar-refractivity contribution in [1.82, 2.24) is 24.2 Å². The van der Waals surface area contributed by atoms with Crippen molar-refractivity contribution in [3.63, 3.8) is 0 Å². The molecule has 0 bridgehead atoms. The minimum Gasteiger partial charge on any atom is -0.497 e. The smallest absolute Gasteiger partial charge is 0.409 e. The van der Waals surface area contributed by atoms with E-state index in [0.717, 1.165) is 42.4 Å². The number of anilines is 1. The first-order chi connectivity index (χ1) is 39.0. The van der Waals surface area contributed by atoms with Crippen LogP contribution in [0.4, 0.5) is 5.82 Å². The molecule has 1 aliphatic heterocycles. The van der Waals surface area contributed by atoms with Crippen LogP contribution in [0.1, 0.15) is 164 Å². The van der Waals surface area contributed by atoms with E-state index in [1.54, 1.807) is 54.0 Å². The highest BCUT2D eigenvalue weighted by Gasteiger charge is 2.54. The first-order valence-electron chi connectivity index (χ1n) is 28.9. The van der Waals surface area contributed by atoms with E-state index in [1.807, 2.05) is 113 Å². The molecule has 1 aliphatic rings. The Morgan fingerprint density at radius 2 is 1.25 bits per heavy atom. The number of hydrogen-bond acceptors (Lipinski definition) is 13. The van der Waals surface area contributed by atoms with Gasteiger partial charge in [0.05, 0.1) is 46.3 Å². The Hall–Kier alpha value is -6.02. The van der Waals surface area contributed by atoms with Gasteiger partial charge in [0, 0.05) is 24.3 Å². The highest BCUT2D eigenvalue weighted by molar-refractivity contribution is 7.51. The molecule has 5 atom stereocenters. The second kappa shape index (κ2) is 31.3. The van der Waals surface area contributed by atoms with Crippen molar-refractivity contribution < 1.29 is 42.1 Å². The normalized spacial score (nSPS) is 17.3. The quantitative estimate of drug-likeness (QED) is 0.0225. The number of hydrogen-bond donors (Lipinski definition) is 1. The fourth-order valence-electron chi connectivity index (χ4n) is 10.7. The van der Waals surface area contributed by atoms with Gasteiger partial charge in [-0.1, -0.05) is 163 Å². The number of ether oxygens (including phenoxy) is 5. The third-order valence-corrected chi connectivity index (χ3v) is 17.2. The molecule has 17 heteroatoms. The summed E-state index contributed by atoms with van der Waals surface area (Å²) in [6, 6.07) is 35.9. The fraction of sp³-hybridized carbons (Fsp3) is 0.508. The van der Waals surface area contributed by atoms with E-state index < -0.39 is 37.9 Å². The summed E-state index contributed by atoms with van der Waals surface area (Å²) in [6.07, 6.45) is 15.8. The summed E-state index contributed by atoms with van der Waals surface area (Å²) < 4.78 is 65.9. The molecule has 430 valence electrons. The van der Waals surface area contributed by atoms with E-state index in [9.17, 15) is 10.1 Å². The number of methoxy groups -OCH3 is 2. The molecule has 1 amide bonds. The summed E-state index contributed by atoms with van der Waals surface area (Å²) in [5.74, 6) is 1.19. The second-order valence-electron chi connectivity index (χ2n) is 21.0. The molecule has 2 aromatic heterocycles. The van der Waals surface area contributed by atoms with Crippen molar-refractivity contribution in [3.05, 3.63) is 144 Å². The lowest BCUT2D eigenvalue weighted by Gasteiger charge is -2.39. The van der Waals surface area contributed by atoms with Crippen molar-refractivity contribution in [1.29, 1.82) is 5.26 Å². The minimum atomic E-state index is -4.29. The van der Waals surface area contributed by atoms with Crippen LogP contribution in [-0.2, 0) is 33.4 Å². The molecule has 1 unspecified atom stereocenters. The molecule has 0 radical (unpaired) electrons. The zero-order valence-electron chi connectivity index (χ0n) is 48.0. The number of amides is 1.